The lowest BCUT2D eigenvalue weighted by atomic mass is 10.4. The molecule has 4 nitrogen and oxygen atoms in total. The maximum absolute atomic E-state index is 11.1. The predicted octanol–water partition coefficient (Wildman–Crippen LogP) is -0.208. The molecule has 0 aromatic heterocycles. The lowest BCUT2D eigenvalue weighted by molar-refractivity contribution is 0.446. The van der Waals surface area contributed by atoms with E-state index < -0.39 is 10.2 Å². The van der Waals surface area contributed by atoms with E-state index in [9.17, 15) is 8.42 Å². The Morgan fingerprint density at radius 2 is 2.09 bits per heavy atom. The lowest BCUT2D eigenvalue weighted by Gasteiger charge is -2.14. The van der Waals surface area contributed by atoms with Crippen LogP contribution in [0.3, 0.4) is 0 Å². The third-order valence-corrected chi connectivity index (χ3v) is 3.37. The molecular formula is C6H14N2O2S. The van der Waals surface area contributed by atoms with Gasteiger partial charge in [0, 0.05) is 20.6 Å². The summed E-state index contributed by atoms with van der Waals surface area (Å²) in [6, 6.07) is 0. The van der Waals surface area contributed by atoms with Crippen LogP contribution in [-0.2, 0) is 10.2 Å². The number of hydrogen-bond acceptors (Lipinski definition) is 2. The highest BCUT2D eigenvalue weighted by molar-refractivity contribution is 7.87. The van der Waals surface area contributed by atoms with Crippen molar-refractivity contribution >= 4 is 10.2 Å². The molecule has 0 atom stereocenters. The Morgan fingerprint density at radius 1 is 1.55 bits per heavy atom. The Balaban J connectivity index is 2.44. The fourth-order valence-electron chi connectivity index (χ4n) is 0.918. The summed E-state index contributed by atoms with van der Waals surface area (Å²) in [6.45, 7) is 0.656. The maximum Gasteiger partial charge on any atom is 0.278 e. The third-order valence-electron chi connectivity index (χ3n) is 1.88. The van der Waals surface area contributed by atoms with Gasteiger partial charge in [-0.25, -0.2) is 4.72 Å². The summed E-state index contributed by atoms with van der Waals surface area (Å²) in [6.07, 6.45) is 2.34. The number of hydrogen-bond donors (Lipinski definition) is 1. The van der Waals surface area contributed by atoms with Gasteiger partial charge in [-0.2, -0.15) is 12.7 Å². The van der Waals surface area contributed by atoms with Gasteiger partial charge in [-0.1, -0.05) is 0 Å². The standard InChI is InChI=1S/C6H14N2O2S/c1-7-11(9,10)8(2)5-6-3-4-6/h6-7H,3-5H2,1-2H3. The summed E-state index contributed by atoms with van der Waals surface area (Å²) in [5.41, 5.74) is 0. The summed E-state index contributed by atoms with van der Waals surface area (Å²) in [5.74, 6) is 0.600. The Labute approximate surface area is 67.8 Å². The summed E-state index contributed by atoms with van der Waals surface area (Å²) < 4.78 is 25.8. The topological polar surface area (TPSA) is 49.4 Å². The van der Waals surface area contributed by atoms with Crippen LogP contribution in [0.25, 0.3) is 0 Å². The molecule has 0 radical (unpaired) electrons. The van der Waals surface area contributed by atoms with Gasteiger partial charge in [0.2, 0.25) is 0 Å². The molecule has 1 aliphatic rings. The van der Waals surface area contributed by atoms with Crippen molar-refractivity contribution in [1.82, 2.24) is 9.03 Å². The van der Waals surface area contributed by atoms with E-state index in [1.54, 1.807) is 7.05 Å². The second-order valence-electron chi connectivity index (χ2n) is 2.93. The van der Waals surface area contributed by atoms with E-state index >= 15 is 0 Å². The smallest absolute Gasteiger partial charge is 0.205 e. The summed E-state index contributed by atoms with van der Waals surface area (Å²) in [7, 11) is -0.139. The highest BCUT2D eigenvalue weighted by Gasteiger charge is 2.26. The Hall–Kier alpha value is -0.130. The summed E-state index contributed by atoms with van der Waals surface area (Å²) >= 11 is 0. The molecule has 5 heteroatoms. The first-order chi connectivity index (χ1) is 5.06. The van der Waals surface area contributed by atoms with Gasteiger partial charge in [0.05, 0.1) is 0 Å². The molecule has 1 fully saturated rings. The summed E-state index contributed by atoms with van der Waals surface area (Å²) in [5, 5.41) is 0. The zero-order valence-electron chi connectivity index (χ0n) is 6.87. The zero-order chi connectivity index (χ0) is 8.48. The molecule has 0 heterocycles. The van der Waals surface area contributed by atoms with Crippen molar-refractivity contribution in [3.8, 4) is 0 Å². The SMILES string of the molecule is CNS(=O)(=O)N(C)CC1CC1. The van der Waals surface area contributed by atoms with Crippen molar-refractivity contribution in [2.75, 3.05) is 20.6 Å². The first kappa shape index (κ1) is 8.96. The summed E-state index contributed by atoms with van der Waals surface area (Å²) in [4.78, 5) is 0. The quantitative estimate of drug-likeness (QED) is 0.647. The second-order valence-corrected chi connectivity index (χ2v) is 4.91. The fourth-order valence-corrected chi connectivity index (χ4v) is 1.64. The molecule has 66 valence electrons. The van der Waals surface area contributed by atoms with E-state index in [-0.39, 0.29) is 0 Å². The van der Waals surface area contributed by atoms with Crippen LogP contribution in [0.15, 0.2) is 0 Å². The first-order valence-electron chi connectivity index (χ1n) is 3.71. The van der Waals surface area contributed by atoms with Crippen LogP contribution >= 0.6 is 0 Å². The second kappa shape index (κ2) is 3.08. The van der Waals surface area contributed by atoms with Gasteiger partial charge in [-0.15, -0.1) is 0 Å². The van der Waals surface area contributed by atoms with Crippen molar-refractivity contribution in [1.29, 1.82) is 0 Å². The largest absolute Gasteiger partial charge is 0.278 e. The van der Waals surface area contributed by atoms with Crippen LogP contribution in [-0.4, -0.2) is 33.4 Å². The van der Waals surface area contributed by atoms with E-state index in [0.717, 1.165) is 0 Å². The molecule has 0 amide bonds. The Bertz CT molecular complexity index is 221. The highest BCUT2D eigenvalue weighted by atomic mass is 32.2. The predicted molar refractivity (Wildman–Crippen MR) is 43.3 cm³/mol. The monoisotopic (exact) mass is 178 g/mol. The number of nitrogens with one attached hydrogen (secondary N) is 1. The molecule has 0 saturated heterocycles. The Kier molecular flexibility index (Phi) is 2.51. The average molecular weight is 178 g/mol. The van der Waals surface area contributed by atoms with Crippen LogP contribution in [0.4, 0.5) is 0 Å². The van der Waals surface area contributed by atoms with Gasteiger partial charge in [0.1, 0.15) is 0 Å². The van der Waals surface area contributed by atoms with E-state index in [2.05, 4.69) is 4.72 Å². The van der Waals surface area contributed by atoms with Gasteiger partial charge in [0.15, 0.2) is 0 Å². The van der Waals surface area contributed by atoms with Gasteiger partial charge in [0.25, 0.3) is 10.2 Å². The molecule has 1 N–H and O–H groups in total. The molecule has 0 spiro atoms. The average Bonchev–Trinajstić information content (AvgIpc) is 2.72. The van der Waals surface area contributed by atoms with Crippen LogP contribution in [0, 0.1) is 5.92 Å². The fraction of sp³-hybridized carbons (Fsp3) is 1.00. The molecular weight excluding hydrogens is 164 g/mol. The zero-order valence-corrected chi connectivity index (χ0v) is 7.69. The van der Waals surface area contributed by atoms with E-state index in [4.69, 9.17) is 0 Å². The minimum absolute atomic E-state index is 0.600. The lowest BCUT2D eigenvalue weighted by Crippen LogP contribution is -2.37. The maximum atomic E-state index is 11.1. The van der Waals surface area contributed by atoms with Crippen molar-refractivity contribution in [3.63, 3.8) is 0 Å². The van der Waals surface area contributed by atoms with Crippen LogP contribution in [0.2, 0.25) is 0 Å². The van der Waals surface area contributed by atoms with E-state index in [0.29, 0.717) is 12.5 Å². The van der Waals surface area contributed by atoms with Gasteiger partial charge in [-0.3, -0.25) is 0 Å². The molecule has 0 bridgehead atoms. The molecule has 0 unspecified atom stereocenters. The first-order valence-corrected chi connectivity index (χ1v) is 5.15. The van der Waals surface area contributed by atoms with E-state index in [1.807, 2.05) is 0 Å². The normalized spacial score (nSPS) is 19.2. The van der Waals surface area contributed by atoms with Gasteiger partial charge < -0.3 is 0 Å². The number of rotatable bonds is 4. The van der Waals surface area contributed by atoms with Gasteiger partial charge in [-0.05, 0) is 18.8 Å². The van der Waals surface area contributed by atoms with Gasteiger partial charge >= 0.3 is 0 Å². The molecule has 0 aliphatic heterocycles. The molecule has 0 aromatic rings. The third kappa shape index (κ3) is 2.43. The van der Waals surface area contributed by atoms with Crippen LogP contribution < -0.4 is 4.72 Å². The van der Waals surface area contributed by atoms with Crippen molar-refractivity contribution in [3.05, 3.63) is 0 Å². The minimum atomic E-state index is -3.17. The van der Waals surface area contributed by atoms with E-state index in [1.165, 1.54) is 24.2 Å². The minimum Gasteiger partial charge on any atom is -0.205 e. The molecule has 11 heavy (non-hydrogen) atoms. The van der Waals surface area contributed by atoms with Crippen LogP contribution in [0.5, 0.6) is 0 Å². The highest BCUT2D eigenvalue weighted by Crippen LogP contribution is 2.29. The van der Waals surface area contributed by atoms with Crippen LogP contribution in [0.1, 0.15) is 12.8 Å². The molecule has 1 rings (SSSR count). The molecule has 1 saturated carbocycles. The Morgan fingerprint density at radius 3 is 2.45 bits per heavy atom. The van der Waals surface area contributed by atoms with Crippen molar-refractivity contribution in [2.24, 2.45) is 5.92 Å². The molecule has 1 aliphatic carbocycles. The van der Waals surface area contributed by atoms with Crippen molar-refractivity contribution < 1.29 is 8.42 Å². The van der Waals surface area contributed by atoms with Crippen molar-refractivity contribution in [2.45, 2.75) is 12.8 Å². The number of nitrogens with zero attached hydrogens (tertiary/aromatic N) is 1. The molecule has 0 aromatic carbocycles.